The summed E-state index contributed by atoms with van der Waals surface area (Å²) in [5.74, 6) is -0.925. The molecule has 1 aromatic rings. The minimum absolute atomic E-state index is 0.0194. The molecule has 0 aliphatic carbocycles. The second-order valence-corrected chi connectivity index (χ2v) is 5.68. The zero-order valence-corrected chi connectivity index (χ0v) is 11.1. The van der Waals surface area contributed by atoms with Crippen molar-refractivity contribution in [1.29, 1.82) is 0 Å². The average Bonchev–Trinajstić information content (AvgIpc) is 2.63. The molecule has 0 bridgehead atoms. The molecule has 1 aliphatic rings. The Balaban J connectivity index is 2.26. The molecule has 1 aromatic carbocycles. The van der Waals surface area contributed by atoms with Gasteiger partial charge >= 0.3 is 10.2 Å². The van der Waals surface area contributed by atoms with Gasteiger partial charge in [0.25, 0.3) is 5.91 Å². The second kappa shape index (κ2) is 5.32. The van der Waals surface area contributed by atoms with E-state index in [0.29, 0.717) is 12.0 Å². The fraction of sp³-hybridized carbons (Fsp3) is 0.273. The first-order valence-electron chi connectivity index (χ1n) is 5.63. The molecule has 0 spiro atoms. The quantitative estimate of drug-likeness (QED) is 0.571. The minimum atomic E-state index is -3.94. The first kappa shape index (κ1) is 14.0. The van der Waals surface area contributed by atoms with Gasteiger partial charge in [0.1, 0.15) is 12.3 Å². The topological polar surface area (TPSA) is 116 Å². The summed E-state index contributed by atoms with van der Waals surface area (Å²) in [5.41, 5.74) is 0.701. The number of hydrogen-bond acceptors (Lipinski definition) is 6. The number of carbonyl (C=O) groups excluding carboxylic acids is 2. The third kappa shape index (κ3) is 2.79. The van der Waals surface area contributed by atoms with E-state index >= 15 is 0 Å². The van der Waals surface area contributed by atoms with Gasteiger partial charge in [0.15, 0.2) is 0 Å². The number of anilines is 1. The molecular weight excluding hydrogens is 286 g/mol. The summed E-state index contributed by atoms with van der Waals surface area (Å²) in [7, 11) is -3.94. The monoisotopic (exact) mass is 297 g/mol. The lowest BCUT2D eigenvalue weighted by Gasteiger charge is -2.16. The largest absolute Gasteiger partial charge is 0.506 e. The van der Waals surface area contributed by atoms with Gasteiger partial charge in [0.2, 0.25) is 6.08 Å². The van der Waals surface area contributed by atoms with Crippen LogP contribution in [0.15, 0.2) is 23.2 Å². The number of carbonyl (C=O) groups is 1. The summed E-state index contributed by atoms with van der Waals surface area (Å²) in [6.07, 6.45) is 1.81. The molecule has 1 amide bonds. The number of benzene rings is 1. The number of rotatable bonds is 4. The van der Waals surface area contributed by atoms with Crippen LogP contribution in [-0.2, 0) is 26.2 Å². The van der Waals surface area contributed by atoms with E-state index in [0.717, 1.165) is 4.31 Å². The van der Waals surface area contributed by atoms with Crippen LogP contribution >= 0.6 is 0 Å². The molecule has 2 rings (SSSR count). The zero-order valence-electron chi connectivity index (χ0n) is 10.2. The summed E-state index contributed by atoms with van der Waals surface area (Å²) in [6, 6.07) is 4.36. The molecule has 0 unspecified atom stereocenters. The number of nitrogens with one attached hydrogen (secondary N) is 1. The van der Waals surface area contributed by atoms with Crippen LogP contribution in [-0.4, -0.2) is 38.6 Å². The molecule has 2 N–H and O–H groups in total. The van der Waals surface area contributed by atoms with Crippen molar-refractivity contribution in [3.63, 3.8) is 0 Å². The lowest BCUT2D eigenvalue weighted by Crippen LogP contribution is -2.29. The van der Waals surface area contributed by atoms with Crippen molar-refractivity contribution in [2.45, 2.75) is 6.42 Å². The van der Waals surface area contributed by atoms with E-state index in [-0.39, 0.29) is 24.5 Å². The number of hydrogen-bond donors (Lipinski definition) is 2. The zero-order chi connectivity index (χ0) is 14.8. The van der Waals surface area contributed by atoms with Gasteiger partial charge < -0.3 is 5.11 Å². The van der Waals surface area contributed by atoms with Crippen LogP contribution in [0.25, 0.3) is 0 Å². The Morgan fingerprint density at radius 1 is 1.45 bits per heavy atom. The van der Waals surface area contributed by atoms with Crippen LogP contribution in [0.4, 0.5) is 5.69 Å². The van der Waals surface area contributed by atoms with Gasteiger partial charge in [-0.2, -0.15) is 8.42 Å². The number of phenols is 1. The van der Waals surface area contributed by atoms with Crippen molar-refractivity contribution in [2.75, 3.05) is 17.4 Å². The Labute approximate surface area is 114 Å². The van der Waals surface area contributed by atoms with Gasteiger partial charge in [0.05, 0.1) is 12.2 Å². The van der Waals surface area contributed by atoms with Crippen molar-refractivity contribution >= 4 is 27.9 Å². The molecule has 1 saturated heterocycles. The summed E-state index contributed by atoms with van der Waals surface area (Å²) >= 11 is 0. The van der Waals surface area contributed by atoms with Crippen LogP contribution < -0.4 is 9.03 Å². The van der Waals surface area contributed by atoms with Crippen LogP contribution in [0.2, 0.25) is 0 Å². The molecule has 9 heteroatoms. The maximum absolute atomic E-state index is 11.6. The third-order valence-electron chi connectivity index (χ3n) is 2.71. The molecule has 1 aliphatic heterocycles. The number of nitrogens with zero attached hydrogens (tertiary/aromatic N) is 2. The summed E-state index contributed by atoms with van der Waals surface area (Å²) in [5, 5.41) is 9.87. The van der Waals surface area contributed by atoms with Gasteiger partial charge in [-0.25, -0.2) is 18.8 Å². The van der Waals surface area contributed by atoms with Crippen molar-refractivity contribution in [2.24, 2.45) is 4.99 Å². The number of aromatic hydroxyl groups is 1. The Hall–Kier alpha value is -2.38. The van der Waals surface area contributed by atoms with Gasteiger partial charge in [-0.3, -0.25) is 4.79 Å². The van der Waals surface area contributed by atoms with E-state index in [1.807, 2.05) is 4.72 Å². The Morgan fingerprint density at radius 2 is 2.20 bits per heavy atom. The Morgan fingerprint density at radius 3 is 2.75 bits per heavy atom. The van der Waals surface area contributed by atoms with E-state index in [9.17, 15) is 23.1 Å². The fourth-order valence-electron chi connectivity index (χ4n) is 1.83. The predicted octanol–water partition coefficient (Wildman–Crippen LogP) is -0.549. The molecule has 106 valence electrons. The smallest absolute Gasteiger partial charge is 0.326 e. The third-order valence-corrected chi connectivity index (χ3v) is 4.10. The minimum Gasteiger partial charge on any atom is -0.506 e. The number of phenolic OH excluding ortho intramolecular Hbond substituents is 1. The van der Waals surface area contributed by atoms with E-state index in [4.69, 9.17) is 0 Å². The molecule has 0 aromatic heterocycles. The first-order valence-corrected chi connectivity index (χ1v) is 7.07. The molecular formula is C11H11N3O5S. The molecule has 1 fully saturated rings. The first-order chi connectivity index (χ1) is 9.44. The maximum Gasteiger partial charge on any atom is 0.326 e. The molecule has 1 heterocycles. The molecule has 0 saturated carbocycles. The highest BCUT2D eigenvalue weighted by Gasteiger charge is 2.35. The molecule has 0 radical (unpaired) electrons. The summed E-state index contributed by atoms with van der Waals surface area (Å²) < 4.78 is 25.9. The summed E-state index contributed by atoms with van der Waals surface area (Å²) in [6.45, 7) is -0.144. The van der Waals surface area contributed by atoms with Crippen molar-refractivity contribution < 1.29 is 23.1 Å². The Kier molecular flexibility index (Phi) is 3.73. The SMILES string of the molecule is O=C=NCCc1ccc(N2CC(=O)NS2(=O)=O)c(O)c1. The summed E-state index contributed by atoms with van der Waals surface area (Å²) in [4.78, 5) is 24.5. The second-order valence-electron chi connectivity index (χ2n) is 4.08. The van der Waals surface area contributed by atoms with Crippen molar-refractivity contribution in [1.82, 2.24) is 4.72 Å². The Bertz CT molecular complexity index is 694. The number of aliphatic imine (C=N–C) groups is 1. The number of isocyanates is 1. The van der Waals surface area contributed by atoms with Gasteiger partial charge in [-0.15, -0.1) is 0 Å². The van der Waals surface area contributed by atoms with E-state index < -0.39 is 16.1 Å². The van der Waals surface area contributed by atoms with Crippen molar-refractivity contribution in [3.05, 3.63) is 23.8 Å². The highest BCUT2D eigenvalue weighted by molar-refractivity contribution is 7.92. The lowest BCUT2D eigenvalue weighted by molar-refractivity contribution is -0.117. The molecule has 20 heavy (non-hydrogen) atoms. The van der Waals surface area contributed by atoms with E-state index in [2.05, 4.69) is 4.99 Å². The van der Waals surface area contributed by atoms with Gasteiger partial charge in [-0.1, -0.05) is 6.07 Å². The van der Waals surface area contributed by atoms with Crippen LogP contribution in [0, 0.1) is 0 Å². The highest BCUT2D eigenvalue weighted by atomic mass is 32.2. The molecule has 8 nitrogen and oxygen atoms in total. The van der Waals surface area contributed by atoms with E-state index in [1.54, 1.807) is 6.07 Å². The number of amides is 1. The highest BCUT2D eigenvalue weighted by Crippen LogP contribution is 2.31. The van der Waals surface area contributed by atoms with Crippen LogP contribution in [0.3, 0.4) is 0 Å². The van der Waals surface area contributed by atoms with Crippen LogP contribution in [0.1, 0.15) is 5.56 Å². The fourth-order valence-corrected chi connectivity index (χ4v) is 2.99. The standard InChI is InChI=1S/C11H11N3O5S/c15-7-12-4-3-8-1-2-9(10(16)5-8)14-6-11(17)13-20(14,18)19/h1-2,5,16H,3-4,6H2,(H,13,17). The van der Waals surface area contributed by atoms with Gasteiger partial charge in [-0.05, 0) is 24.1 Å². The average molecular weight is 297 g/mol. The lowest BCUT2D eigenvalue weighted by atomic mass is 10.1. The van der Waals surface area contributed by atoms with Crippen LogP contribution in [0.5, 0.6) is 5.75 Å². The van der Waals surface area contributed by atoms with Crippen molar-refractivity contribution in [3.8, 4) is 5.75 Å². The normalized spacial score (nSPS) is 16.6. The predicted molar refractivity (Wildman–Crippen MR) is 69.2 cm³/mol. The molecule has 0 atom stereocenters. The van der Waals surface area contributed by atoms with Gasteiger partial charge in [0, 0.05) is 0 Å². The van der Waals surface area contributed by atoms with E-state index in [1.165, 1.54) is 18.2 Å². The maximum atomic E-state index is 11.6.